The van der Waals surface area contributed by atoms with Crippen LogP contribution in [0.15, 0.2) is 60.6 Å². The fourth-order valence-electron chi connectivity index (χ4n) is 1.93. The lowest BCUT2D eigenvalue weighted by molar-refractivity contribution is 0.795. The van der Waals surface area contributed by atoms with Gasteiger partial charge in [0.15, 0.2) is 5.96 Å². The van der Waals surface area contributed by atoms with Gasteiger partial charge in [0.05, 0.1) is 6.33 Å². The third-order valence-electron chi connectivity index (χ3n) is 3.04. The molecule has 0 saturated heterocycles. The van der Waals surface area contributed by atoms with Gasteiger partial charge in [-0.15, -0.1) is 30.6 Å². The number of imidazole rings is 1. The van der Waals surface area contributed by atoms with E-state index >= 15 is 0 Å². The second kappa shape index (κ2) is 9.99. The maximum atomic E-state index is 4.14. The molecule has 0 aliphatic heterocycles. The predicted octanol–water partition coefficient (Wildman–Crippen LogP) is 2.40. The molecule has 0 spiro atoms. The summed E-state index contributed by atoms with van der Waals surface area (Å²) >= 11 is 0. The van der Waals surface area contributed by atoms with Crippen LogP contribution in [0.5, 0.6) is 0 Å². The molecule has 1 aromatic carbocycles. The first kappa shape index (κ1) is 18.2. The van der Waals surface area contributed by atoms with E-state index in [-0.39, 0.29) is 24.0 Å². The lowest BCUT2D eigenvalue weighted by atomic mass is 10.1. The molecule has 2 rings (SSSR count). The number of nitrogens with one attached hydrogen (secondary N) is 2. The molecule has 0 aliphatic rings. The summed E-state index contributed by atoms with van der Waals surface area (Å²) in [5.41, 5.74) is 2.47. The van der Waals surface area contributed by atoms with Crippen molar-refractivity contribution in [3.8, 4) is 0 Å². The van der Waals surface area contributed by atoms with Crippen LogP contribution < -0.4 is 10.6 Å². The van der Waals surface area contributed by atoms with E-state index in [1.54, 1.807) is 19.3 Å². The Labute approximate surface area is 148 Å². The van der Waals surface area contributed by atoms with Crippen LogP contribution in [0.2, 0.25) is 0 Å². The van der Waals surface area contributed by atoms with Gasteiger partial charge >= 0.3 is 0 Å². The zero-order valence-corrected chi connectivity index (χ0v) is 15.0. The Morgan fingerprint density at radius 1 is 1.27 bits per heavy atom. The van der Waals surface area contributed by atoms with Gasteiger partial charge in [-0.05, 0) is 11.1 Å². The minimum absolute atomic E-state index is 0. The molecule has 0 fully saturated rings. The number of aromatic nitrogens is 2. The highest BCUT2D eigenvalue weighted by Gasteiger charge is 1.98. The predicted molar refractivity (Wildman–Crippen MR) is 102 cm³/mol. The zero-order valence-electron chi connectivity index (χ0n) is 12.7. The number of hydrogen-bond acceptors (Lipinski definition) is 2. The van der Waals surface area contributed by atoms with Crippen LogP contribution >= 0.6 is 24.0 Å². The Kier molecular flexibility index (Phi) is 8.27. The van der Waals surface area contributed by atoms with E-state index in [1.165, 1.54) is 11.1 Å². The Bertz CT molecular complexity index is 575. The van der Waals surface area contributed by atoms with E-state index in [0.29, 0.717) is 6.54 Å². The fourth-order valence-corrected chi connectivity index (χ4v) is 1.93. The van der Waals surface area contributed by atoms with Crippen molar-refractivity contribution in [2.75, 3.05) is 13.6 Å². The van der Waals surface area contributed by atoms with Gasteiger partial charge in [0, 0.05) is 39.1 Å². The Morgan fingerprint density at radius 2 is 2.00 bits per heavy atom. The molecule has 0 radical (unpaired) electrons. The highest BCUT2D eigenvalue weighted by Crippen LogP contribution is 2.06. The average molecular weight is 411 g/mol. The third kappa shape index (κ3) is 5.88. The molecular weight excluding hydrogens is 389 g/mol. The molecule has 6 heteroatoms. The molecule has 118 valence electrons. The van der Waals surface area contributed by atoms with Gasteiger partial charge in [-0.25, -0.2) is 4.98 Å². The summed E-state index contributed by atoms with van der Waals surface area (Å²) in [6.07, 6.45) is 7.38. The van der Waals surface area contributed by atoms with E-state index in [1.807, 2.05) is 17.1 Å². The molecule has 2 N–H and O–H groups in total. The van der Waals surface area contributed by atoms with Crippen molar-refractivity contribution in [1.82, 2.24) is 20.2 Å². The number of rotatable bonds is 6. The molecule has 0 aliphatic carbocycles. The number of benzene rings is 1. The summed E-state index contributed by atoms with van der Waals surface area (Å²) < 4.78 is 2.05. The lowest BCUT2D eigenvalue weighted by Crippen LogP contribution is -2.36. The normalized spacial score (nSPS) is 10.7. The van der Waals surface area contributed by atoms with Crippen LogP contribution in [-0.2, 0) is 13.1 Å². The second-order valence-electron chi connectivity index (χ2n) is 4.65. The van der Waals surface area contributed by atoms with Crippen molar-refractivity contribution in [3.63, 3.8) is 0 Å². The molecular formula is C16H22IN5. The lowest BCUT2D eigenvalue weighted by Gasteiger charge is -2.11. The molecule has 1 aromatic heterocycles. The van der Waals surface area contributed by atoms with Gasteiger partial charge in [0.25, 0.3) is 0 Å². The van der Waals surface area contributed by atoms with Crippen molar-refractivity contribution in [2.24, 2.45) is 4.99 Å². The quantitative estimate of drug-likeness (QED) is 0.332. The van der Waals surface area contributed by atoms with Crippen LogP contribution in [0.25, 0.3) is 0 Å². The van der Waals surface area contributed by atoms with Gasteiger partial charge in [-0.1, -0.05) is 30.3 Å². The Hall–Kier alpha value is -1.83. The molecule has 0 unspecified atom stereocenters. The second-order valence-corrected chi connectivity index (χ2v) is 4.65. The first-order valence-corrected chi connectivity index (χ1v) is 6.91. The molecule has 0 amide bonds. The number of hydrogen-bond donors (Lipinski definition) is 2. The molecule has 2 aromatic rings. The molecule has 22 heavy (non-hydrogen) atoms. The minimum atomic E-state index is 0. The minimum Gasteiger partial charge on any atom is -0.353 e. The van der Waals surface area contributed by atoms with Crippen molar-refractivity contribution in [2.45, 2.75) is 13.1 Å². The Balaban J connectivity index is 0.00000242. The van der Waals surface area contributed by atoms with Gasteiger partial charge < -0.3 is 15.2 Å². The summed E-state index contributed by atoms with van der Waals surface area (Å²) in [5.74, 6) is 0.775. The summed E-state index contributed by atoms with van der Waals surface area (Å²) in [6.45, 7) is 5.95. The van der Waals surface area contributed by atoms with E-state index < -0.39 is 0 Å². The molecule has 0 saturated carbocycles. The van der Waals surface area contributed by atoms with E-state index in [9.17, 15) is 0 Å². The number of halogens is 1. The average Bonchev–Trinajstić information content (AvgIpc) is 3.02. The highest BCUT2D eigenvalue weighted by atomic mass is 127. The van der Waals surface area contributed by atoms with Crippen LogP contribution in [0.4, 0.5) is 0 Å². The van der Waals surface area contributed by atoms with Crippen LogP contribution in [0.1, 0.15) is 11.1 Å². The first-order chi connectivity index (χ1) is 10.3. The van der Waals surface area contributed by atoms with E-state index in [2.05, 4.69) is 51.5 Å². The molecule has 0 atom stereocenters. The monoisotopic (exact) mass is 411 g/mol. The first-order valence-electron chi connectivity index (χ1n) is 6.91. The van der Waals surface area contributed by atoms with Gasteiger partial charge in [-0.2, -0.15) is 0 Å². The zero-order chi connectivity index (χ0) is 14.9. The number of aliphatic imine (C=N–C) groups is 1. The van der Waals surface area contributed by atoms with E-state index in [4.69, 9.17) is 0 Å². The molecule has 1 heterocycles. The largest absolute Gasteiger partial charge is 0.353 e. The maximum absolute atomic E-state index is 4.14. The fraction of sp³-hybridized carbons (Fsp3) is 0.250. The summed E-state index contributed by atoms with van der Waals surface area (Å²) in [5, 5.41) is 6.40. The number of guanidine groups is 1. The molecule has 5 nitrogen and oxygen atoms in total. The van der Waals surface area contributed by atoms with Crippen molar-refractivity contribution in [3.05, 3.63) is 66.8 Å². The van der Waals surface area contributed by atoms with Gasteiger partial charge in [0.2, 0.25) is 0 Å². The topological polar surface area (TPSA) is 54.2 Å². The van der Waals surface area contributed by atoms with Crippen LogP contribution in [-0.4, -0.2) is 29.1 Å². The van der Waals surface area contributed by atoms with Gasteiger partial charge in [-0.3, -0.25) is 4.99 Å². The summed E-state index contributed by atoms with van der Waals surface area (Å²) in [4.78, 5) is 8.19. The van der Waals surface area contributed by atoms with Crippen LogP contribution in [0, 0.1) is 0 Å². The highest BCUT2D eigenvalue weighted by molar-refractivity contribution is 14.0. The third-order valence-corrected chi connectivity index (χ3v) is 3.04. The van der Waals surface area contributed by atoms with Crippen LogP contribution in [0.3, 0.4) is 0 Å². The standard InChI is InChI=1S/C16H21N5.HI/c1-3-8-19-16(17-2)20-11-14-4-6-15(7-5-14)12-21-10-9-18-13-21;/h3-7,9-10,13H,1,8,11-12H2,2H3,(H2,17,19,20);1H. The summed E-state index contributed by atoms with van der Waals surface area (Å²) in [7, 11) is 1.76. The van der Waals surface area contributed by atoms with Gasteiger partial charge in [0.1, 0.15) is 0 Å². The van der Waals surface area contributed by atoms with Crippen molar-refractivity contribution < 1.29 is 0 Å². The summed E-state index contributed by atoms with van der Waals surface area (Å²) in [6, 6.07) is 8.52. The molecule has 0 bridgehead atoms. The number of nitrogens with zero attached hydrogens (tertiary/aromatic N) is 3. The SMILES string of the molecule is C=CCNC(=NC)NCc1ccc(Cn2ccnc2)cc1.I. The maximum Gasteiger partial charge on any atom is 0.191 e. The van der Waals surface area contributed by atoms with Crippen molar-refractivity contribution >= 4 is 29.9 Å². The smallest absolute Gasteiger partial charge is 0.191 e. The van der Waals surface area contributed by atoms with Crippen molar-refractivity contribution in [1.29, 1.82) is 0 Å². The van der Waals surface area contributed by atoms with E-state index in [0.717, 1.165) is 19.0 Å². The Morgan fingerprint density at radius 3 is 2.59 bits per heavy atom.